The summed E-state index contributed by atoms with van der Waals surface area (Å²) < 4.78 is 3.15. The van der Waals surface area contributed by atoms with E-state index < -0.39 is 6.04 Å². The van der Waals surface area contributed by atoms with Crippen molar-refractivity contribution in [2.45, 2.75) is 64.1 Å². The molecule has 32 heavy (non-hydrogen) atoms. The van der Waals surface area contributed by atoms with Gasteiger partial charge in [-0.3, -0.25) is 9.59 Å². The summed E-state index contributed by atoms with van der Waals surface area (Å²) in [5.74, 6) is 0.825. The predicted molar refractivity (Wildman–Crippen MR) is 129 cm³/mol. The number of rotatable bonds is 5. The molecule has 2 amide bonds. The summed E-state index contributed by atoms with van der Waals surface area (Å²) in [6, 6.07) is 14.0. The fourth-order valence-corrected chi connectivity index (χ4v) is 6.05. The summed E-state index contributed by atoms with van der Waals surface area (Å²) >= 11 is 1.64. The van der Waals surface area contributed by atoms with E-state index in [0.29, 0.717) is 18.8 Å². The van der Waals surface area contributed by atoms with E-state index in [2.05, 4.69) is 37.4 Å². The van der Waals surface area contributed by atoms with Gasteiger partial charge in [-0.05, 0) is 60.6 Å². The average molecular weight is 450 g/mol. The van der Waals surface area contributed by atoms with Gasteiger partial charge < -0.3 is 14.8 Å². The Balaban J connectivity index is 1.43. The summed E-state index contributed by atoms with van der Waals surface area (Å²) in [6.07, 6.45) is 4.36. The van der Waals surface area contributed by atoms with Gasteiger partial charge in [0.1, 0.15) is 11.7 Å². The van der Waals surface area contributed by atoms with Gasteiger partial charge in [-0.25, -0.2) is 0 Å². The molecule has 6 heteroatoms. The van der Waals surface area contributed by atoms with Gasteiger partial charge in [-0.15, -0.1) is 11.3 Å². The molecule has 0 radical (unpaired) electrons. The zero-order valence-electron chi connectivity index (χ0n) is 18.8. The molecule has 0 saturated heterocycles. The van der Waals surface area contributed by atoms with Crippen molar-refractivity contribution < 1.29 is 9.59 Å². The lowest BCUT2D eigenvalue weighted by Crippen LogP contribution is -2.57. The molecule has 1 aliphatic carbocycles. The lowest BCUT2D eigenvalue weighted by molar-refractivity contribution is -0.127. The Labute approximate surface area is 193 Å². The van der Waals surface area contributed by atoms with Crippen LogP contribution in [-0.2, 0) is 11.3 Å². The number of nitrogens with one attached hydrogen (secondary N) is 1. The normalized spacial score (nSPS) is 24.4. The molecule has 1 saturated carbocycles. The number of amides is 2. The van der Waals surface area contributed by atoms with Crippen LogP contribution in [0.3, 0.4) is 0 Å². The SMILES string of the molecule is CC1CCC(NC(=O)C2Cn3c(cc4sccc43)C(=O)N2CC(C)c2ccccc2)CC1. The van der Waals surface area contributed by atoms with E-state index >= 15 is 0 Å². The van der Waals surface area contributed by atoms with Gasteiger partial charge in [0.05, 0.1) is 16.8 Å². The van der Waals surface area contributed by atoms with Gasteiger partial charge in [-0.1, -0.05) is 44.2 Å². The first-order chi connectivity index (χ1) is 15.5. The molecule has 1 aliphatic heterocycles. The van der Waals surface area contributed by atoms with Crippen LogP contribution >= 0.6 is 11.3 Å². The van der Waals surface area contributed by atoms with E-state index in [9.17, 15) is 9.59 Å². The van der Waals surface area contributed by atoms with Gasteiger partial charge in [0.25, 0.3) is 5.91 Å². The highest BCUT2D eigenvalue weighted by atomic mass is 32.1. The Morgan fingerprint density at radius 3 is 2.66 bits per heavy atom. The average Bonchev–Trinajstić information content (AvgIpc) is 3.39. The van der Waals surface area contributed by atoms with Crippen LogP contribution < -0.4 is 5.32 Å². The maximum atomic E-state index is 13.6. The number of fused-ring (bicyclic) bond motifs is 3. The smallest absolute Gasteiger partial charge is 0.271 e. The van der Waals surface area contributed by atoms with E-state index in [1.165, 1.54) is 5.56 Å². The van der Waals surface area contributed by atoms with Crippen molar-refractivity contribution >= 4 is 33.4 Å². The molecule has 0 spiro atoms. The number of hydrogen-bond donors (Lipinski definition) is 1. The topological polar surface area (TPSA) is 54.3 Å². The fraction of sp³-hybridized carbons (Fsp3) is 0.462. The number of aromatic nitrogens is 1. The van der Waals surface area contributed by atoms with Crippen molar-refractivity contribution in [3.05, 3.63) is 59.1 Å². The number of hydrogen-bond acceptors (Lipinski definition) is 3. The Morgan fingerprint density at radius 2 is 1.91 bits per heavy atom. The minimum Gasteiger partial charge on any atom is -0.352 e. The second-order valence-electron chi connectivity index (χ2n) is 9.56. The minimum atomic E-state index is -0.490. The van der Waals surface area contributed by atoms with Crippen LogP contribution in [0.2, 0.25) is 0 Å². The molecule has 0 bridgehead atoms. The molecule has 168 valence electrons. The van der Waals surface area contributed by atoms with Gasteiger partial charge in [0.2, 0.25) is 5.91 Å². The predicted octanol–water partition coefficient (Wildman–Crippen LogP) is 5.03. The first-order valence-corrected chi connectivity index (χ1v) is 12.6. The fourth-order valence-electron chi connectivity index (χ4n) is 5.23. The third-order valence-electron chi connectivity index (χ3n) is 7.24. The van der Waals surface area contributed by atoms with Gasteiger partial charge >= 0.3 is 0 Å². The second-order valence-corrected chi connectivity index (χ2v) is 10.5. The molecule has 2 atom stereocenters. The Hall–Kier alpha value is -2.60. The zero-order chi connectivity index (χ0) is 22.2. The number of thiophene rings is 1. The van der Waals surface area contributed by atoms with Crippen molar-refractivity contribution in [3.63, 3.8) is 0 Å². The molecule has 2 aromatic heterocycles. The van der Waals surface area contributed by atoms with Gasteiger partial charge in [0, 0.05) is 12.6 Å². The van der Waals surface area contributed by atoms with Crippen molar-refractivity contribution in [2.24, 2.45) is 5.92 Å². The molecule has 1 N–H and O–H groups in total. The third kappa shape index (κ3) is 3.96. The van der Waals surface area contributed by atoms with E-state index in [0.717, 1.165) is 41.8 Å². The van der Waals surface area contributed by atoms with E-state index in [-0.39, 0.29) is 23.8 Å². The zero-order valence-corrected chi connectivity index (χ0v) is 19.6. The molecular formula is C26H31N3O2S. The van der Waals surface area contributed by atoms with Crippen LogP contribution in [0.5, 0.6) is 0 Å². The van der Waals surface area contributed by atoms with Crippen LogP contribution in [0.1, 0.15) is 61.5 Å². The van der Waals surface area contributed by atoms with Crippen LogP contribution in [0.15, 0.2) is 47.8 Å². The Bertz CT molecular complexity index is 1110. The highest BCUT2D eigenvalue weighted by molar-refractivity contribution is 7.17. The molecule has 2 unspecified atom stereocenters. The molecular weight excluding hydrogens is 418 g/mol. The molecule has 2 aliphatic rings. The number of carbonyl (C=O) groups excluding carboxylic acids is 2. The van der Waals surface area contributed by atoms with Gasteiger partial charge in [0.15, 0.2) is 0 Å². The van der Waals surface area contributed by atoms with Crippen LogP contribution in [0.4, 0.5) is 0 Å². The maximum absolute atomic E-state index is 13.6. The monoisotopic (exact) mass is 449 g/mol. The Morgan fingerprint density at radius 1 is 1.16 bits per heavy atom. The van der Waals surface area contributed by atoms with E-state index in [1.807, 2.05) is 39.1 Å². The highest BCUT2D eigenvalue weighted by Gasteiger charge is 2.39. The molecule has 5 nitrogen and oxygen atoms in total. The van der Waals surface area contributed by atoms with Crippen molar-refractivity contribution in [3.8, 4) is 0 Å². The summed E-state index contributed by atoms with van der Waals surface area (Å²) in [7, 11) is 0. The standard InChI is InChI=1S/C26H31N3O2S/c1-17-8-10-20(11-9-17)27-25(30)23-16-28-21-12-13-32-24(21)14-22(28)26(31)29(23)15-18(2)19-6-4-3-5-7-19/h3-7,12-14,17-18,20,23H,8-11,15-16H2,1-2H3,(H,27,30). The number of carbonyl (C=O) groups is 2. The Kier molecular flexibility index (Phi) is 5.80. The molecule has 3 aromatic rings. The molecule has 1 aromatic carbocycles. The summed E-state index contributed by atoms with van der Waals surface area (Å²) in [5.41, 5.74) is 2.93. The largest absolute Gasteiger partial charge is 0.352 e. The van der Waals surface area contributed by atoms with Crippen LogP contribution in [0, 0.1) is 5.92 Å². The minimum absolute atomic E-state index is 0.0131. The molecule has 5 rings (SSSR count). The van der Waals surface area contributed by atoms with Crippen molar-refractivity contribution in [1.29, 1.82) is 0 Å². The quantitative estimate of drug-likeness (QED) is 0.594. The van der Waals surface area contributed by atoms with Crippen LogP contribution in [-0.4, -0.2) is 39.9 Å². The lowest BCUT2D eigenvalue weighted by Gasteiger charge is -2.38. The summed E-state index contributed by atoms with van der Waals surface area (Å²) in [5, 5.41) is 5.34. The van der Waals surface area contributed by atoms with E-state index in [1.54, 1.807) is 11.3 Å². The summed E-state index contributed by atoms with van der Waals surface area (Å²) in [4.78, 5) is 29.0. The molecule has 3 heterocycles. The first-order valence-electron chi connectivity index (χ1n) is 11.7. The maximum Gasteiger partial charge on any atom is 0.271 e. The van der Waals surface area contributed by atoms with Crippen LogP contribution in [0.25, 0.3) is 10.2 Å². The second kappa shape index (κ2) is 8.74. The molecule has 1 fully saturated rings. The van der Waals surface area contributed by atoms with Crippen molar-refractivity contribution in [1.82, 2.24) is 14.8 Å². The van der Waals surface area contributed by atoms with Gasteiger partial charge in [-0.2, -0.15) is 0 Å². The number of benzene rings is 1. The lowest BCUT2D eigenvalue weighted by atomic mass is 9.87. The third-order valence-corrected chi connectivity index (χ3v) is 8.09. The highest BCUT2D eigenvalue weighted by Crippen LogP contribution is 2.32. The van der Waals surface area contributed by atoms with E-state index in [4.69, 9.17) is 0 Å². The van der Waals surface area contributed by atoms with Crippen molar-refractivity contribution in [2.75, 3.05) is 6.54 Å². The first kappa shape index (κ1) is 21.3. The number of nitrogens with zero attached hydrogens (tertiary/aromatic N) is 2. The summed E-state index contributed by atoms with van der Waals surface area (Å²) in [6.45, 7) is 5.45.